The highest BCUT2D eigenvalue weighted by atomic mass is 19.4. The van der Waals surface area contributed by atoms with Crippen molar-refractivity contribution in [1.82, 2.24) is 0 Å². The number of hydrogen-bond acceptors (Lipinski definition) is 3. The molecule has 0 amide bonds. The van der Waals surface area contributed by atoms with Crippen LogP contribution in [0.1, 0.15) is 6.42 Å². The summed E-state index contributed by atoms with van der Waals surface area (Å²) >= 11 is 0. The first-order chi connectivity index (χ1) is 6.75. The maximum Gasteiger partial charge on any atom is 0.430 e. The molecular weight excluding hydrogens is 219 g/mol. The standard InChI is InChI=1S/C5H9NO2.C2HF3O2/c7-5(8)4-1-2-6-3-4;3-2(4,5)1(6)7/h4,6H,1-3H2,(H,7,8);(H,6,7)/t4-;/m0./s1. The number of carboxylic acids is 2. The quantitative estimate of drug-likeness (QED) is 0.541. The summed E-state index contributed by atoms with van der Waals surface area (Å²) in [4.78, 5) is 19.0. The molecule has 8 heteroatoms. The summed E-state index contributed by atoms with van der Waals surface area (Å²) in [7, 11) is 0. The topological polar surface area (TPSA) is 94.0 Å². The monoisotopic (exact) mass is 229 g/mol. The molecule has 0 spiro atoms. The zero-order chi connectivity index (χ0) is 12.1. The Morgan fingerprint density at radius 2 is 1.87 bits per heavy atom. The van der Waals surface area contributed by atoms with Gasteiger partial charge >= 0.3 is 12.1 Å². The van der Waals surface area contributed by atoms with Gasteiger partial charge in [0, 0.05) is 6.42 Å². The Labute approximate surface area is 82.9 Å². The lowest BCUT2D eigenvalue weighted by atomic mass is 10.1. The van der Waals surface area contributed by atoms with E-state index < -0.39 is 18.1 Å². The van der Waals surface area contributed by atoms with Gasteiger partial charge in [-0.05, 0) is 0 Å². The maximum atomic E-state index is 10.5. The van der Waals surface area contributed by atoms with Gasteiger partial charge in [-0.3, -0.25) is 4.79 Å². The highest BCUT2D eigenvalue weighted by molar-refractivity contribution is 5.70. The van der Waals surface area contributed by atoms with Crippen molar-refractivity contribution >= 4 is 11.9 Å². The minimum atomic E-state index is -5.19. The first kappa shape index (κ1) is 13.7. The summed E-state index contributed by atoms with van der Waals surface area (Å²) in [5, 5.41) is 19.2. The predicted octanol–water partition coefficient (Wildman–Crippen LogP) is -2.05. The van der Waals surface area contributed by atoms with E-state index in [-0.39, 0.29) is 5.92 Å². The Morgan fingerprint density at radius 1 is 1.40 bits per heavy atom. The highest BCUT2D eigenvalue weighted by Gasteiger charge is 2.28. The fourth-order valence-electron chi connectivity index (χ4n) is 0.980. The van der Waals surface area contributed by atoms with Gasteiger partial charge in [-0.25, -0.2) is 0 Å². The third kappa shape index (κ3) is 5.89. The van der Waals surface area contributed by atoms with Crippen LogP contribution in [0.4, 0.5) is 13.2 Å². The molecule has 0 unspecified atom stereocenters. The third-order valence-electron chi connectivity index (χ3n) is 1.75. The Hall–Kier alpha value is -1.31. The lowest BCUT2D eigenvalue weighted by Crippen LogP contribution is -2.81. The number of quaternary nitrogens is 1. The number of nitrogens with two attached hydrogens (primary N) is 1. The van der Waals surface area contributed by atoms with Crippen molar-refractivity contribution in [3.63, 3.8) is 0 Å². The normalized spacial score (nSPS) is 20.3. The van der Waals surface area contributed by atoms with Crippen molar-refractivity contribution in [3.05, 3.63) is 0 Å². The average molecular weight is 229 g/mol. The van der Waals surface area contributed by atoms with E-state index in [2.05, 4.69) is 0 Å². The van der Waals surface area contributed by atoms with Gasteiger partial charge in [0.05, 0.1) is 13.1 Å². The number of carbonyl (C=O) groups excluding carboxylic acids is 1. The Morgan fingerprint density at radius 3 is 2.00 bits per heavy atom. The molecule has 1 rings (SSSR count). The molecule has 0 aliphatic carbocycles. The van der Waals surface area contributed by atoms with E-state index in [1.165, 1.54) is 0 Å². The molecule has 0 bridgehead atoms. The highest BCUT2D eigenvalue weighted by Crippen LogP contribution is 2.11. The van der Waals surface area contributed by atoms with E-state index >= 15 is 0 Å². The van der Waals surface area contributed by atoms with Crippen LogP contribution in [0.25, 0.3) is 0 Å². The lowest BCUT2D eigenvalue weighted by molar-refractivity contribution is -0.637. The molecule has 88 valence electrons. The zero-order valence-electron chi connectivity index (χ0n) is 7.58. The Balaban J connectivity index is 0.000000265. The molecule has 0 radical (unpaired) electrons. The van der Waals surface area contributed by atoms with Gasteiger partial charge < -0.3 is 20.3 Å². The first-order valence-corrected chi connectivity index (χ1v) is 4.07. The maximum absolute atomic E-state index is 10.5. The van der Waals surface area contributed by atoms with Crippen LogP contribution in [-0.2, 0) is 9.59 Å². The molecule has 1 heterocycles. The summed E-state index contributed by atoms with van der Waals surface area (Å²) < 4.78 is 31.5. The second-order valence-corrected chi connectivity index (χ2v) is 2.92. The van der Waals surface area contributed by atoms with Crippen LogP contribution in [0, 0.1) is 5.92 Å². The van der Waals surface area contributed by atoms with Crippen LogP contribution in [0.3, 0.4) is 0 Å². The van der Waals surface area contributed by atoms with E-state index in [0.29, 0.717) is 0 Å². The van der Waals surface area contributed by atoms with Crippen LogP contribution >= 0.6 is 0 Å². The SMILES string of the molecule is O=C(O)[C@H]1CC[NH2+]C1.O=C([O-])C(F)(F)F. The van der Waals surface area contributed by atoms with Crippen LogP contribution < -0.4 is 10.4 Å². The summed E-state index contributed by atoms with van der Waals surface area (Å²) in [6, 6.07) is 0. The molecule has 15 heavy (non-hydrogen) atoms. The van der Waals surface area contributed by atoms with E-state index in [0.717, 1.165) is 19.5 Å². The van der Waals surface area contributed by atoms with Gasteiger partial charge in [-0.2, -0.15) is 13.2 Å². The molecule has 3 N–H and O–H groups in total. The minimum absolute atomic E-state index is 0.0741. The van der Waals surface area contributed by atoms with Crippen LogP contribution in [-0.4, -0.2) is 36.3 Å². The van der Waals surface area contributed by atoms with Gasteiger partial charge in [0.15, 0.2) is 0 Å². The second kappa shape index (κ2) is 5.54. The molecule has 1 aliphatic heterocycles. The zero-order valence-corrected chi connectivity index (χ0v) is 7.58. The summed E-state index contributed by atoms with van der Waals surface area (Å²) in [6.07, 6.45) is -4.35. The van der Waals surface area contributed by atoms with Crippen LogP contribution in [0.2, 0.25) is 0 Å². The van der Waals surface area contributed by atoms with Crippen molar-refractivity contribution in [3.8, 4) is 0 Å². The Kier molecular flexibility index (Phi) is 5.06. The minimum Gasteiger partial charge on any atom is -0.542 e. The van der Waals surface area contributed by atoms with E-state index in [4.69, 9.17) is 15.0 Å². The average Bonchev–Trinajstić information content (AvgIpc) is 2.54. The summed E-state index contributed by atoms with van der Waals surface area (Å²) in [5.74, 6) is -3.72. The fourth-order valence-corrected chi connectivity index (χ4v) is 0.980. The van der Waals surface area contributed by atoms with Crippen molar-refractivity contribution < 1.29 is 38.3 Å². The molecule has 0 saturated carbocycles. The van der Waals surface area contributed by atoms with E-state index in [9.17, 15) is 18.0 Å². The number of rotatable bonds is 1. The molecule has 1 fully saturated rings. The summed E-state index contributed by atoms with van der Waals surface area (Å²) in [5.41, 5.74) is 0. The van der Waals surface area contributed by atoms with Crippen LogP contribution in [0.15, 0.2) is 0 Å². The van der Waals surface area contributed by atoms with Gasteiger partial charge in [0.1, 0.15) is 11.9 Å². The molecule has 1 saturated heterocycles. The van der Waals surface area contributed by atoms with Crippen molar-refractivity contribution in [2.75, 3.05) is 13.1 Å². The van der Waals surface area contributed by atoms with Crippen molar-refractivity contribution in [2.45, 2.75) is 12.6 Å². The Bertz CT molecular complexity index is 235. The number of carbonyl (C=O) groups is 2. The van der Waals surface area contributed by atoms with E-state index in [1.54, 1.807) is 0 Å². The molecule has 0 aromatic carbocycles. The van der Waals surface area contributed by atoms with Gasteiger partial charge in [0.25, 0.3) is 0 Å². The number of hydrogen-bond donors (Lipinski definition) is 2. The molecular formula is C7H10F3NO4. The first-order valence-electron chi connectivity index (χ1n) is 4.07. The van der Waals surface area contributed by atoms with Crippen molar-refractivity contribution in [1.29, 1.82) is 0 Å². The molecule has 0 aromatic rings. The second-order valence-electron chi connectivity index (χ2n) is 2.92. The molecule has 0 aromatic heterocycles. The molecule has 5 nitrogen and oxygen atoms in total. The van der Waals surface area contributed by atoms with Gasteiger partial charge in [0.2, 0.25) is 0 Å². The van der Waals surface area contributed by atoms with Gasteiger partial charge in [-0.1, -0.05) is 0 Å². The number of carboxylic acid groups (broad SMARTS) is 2. The third-order valence-corrected chi connectivity index (χ3v) is 1.75. The van der Waals surface area contributed by atoms with Crippen LogP contribution in [0.5, 0.6) is 0 Å². The molecule has 1 aliphatic rings. The fraction of sp³-hybridized carbons (Fsp3) is 0.714. The van der Waals surface area contributed by atoms with Gasteiger partial charge in [-0.15, -0.1) is 0 Å². The van der Waals surface area contributed by atoms with E-state index in [1.807, 2.05) is 5.32 Å². The van der Waals surface area contributed by atoms with Crippen molar-refractivity contribution in [2.24, 2.45) is 5.92 Å². The smallest absolute Gasteiger partial charge is 0.430 e. The number of alkyl halides is 3. The largest absolute Gasteiger partial charge is 0.542 e. The molecule has 1 atom stereocenters. The predicted molar refractivity (Wildman–Crippen MR) is 38.5 cm³/mol. The summed E-state index contributed by atoms with van der Waals surface area (Å²) in [6.45, 7) is 1.76. The lowest BCUT2D eigenvalue weighted by Gasteiger charge is -2.03. The number of aliphatic carboxylic acids is 2. The number of halogens is 3.